The van der Waals surface area contributed by atoms with E-state index in [1.165, 1.54) is 12.2 Å². The molecule has 0 saturated carbocycles. The molecule has 0 spiro atoms. The van der Waals surface area contributed by atoms with Gasteiger partial charge in [0.15, 0.2) is 16.8 Å². The highest BCUT2D eigenvalue weighted by atomic mass is 32.1. The van der Waals surface area contributed by atoms with E-state index >= 15 is 0 Å². The maximum Gasteiger partial charge on any atom is 0.246 e. The summed E-state index contributed by atoms with van der Waals surface area (Å²) in [6.45, 7) is 0. The highest BCUT2D eigenvalue weighted by Crippen LogP contribution is 2.13. The first-order valence-electron chi connectivity index (χ1n) is 6.03. The van der Waals surface area contributed by atoms with Gasteiger partial charge in [0.05, 0.1) is 7.11 Å². The van der Waals surface area contributed by atoms with Gasteiger partial charge in [-0.2, -0.15) is 0 Å². The summed E-state index contributed by atoms with van der Waals surface area (Å²) in [4.78, 5) is 35.2. The molecule has 21 heavy (non-hydrogen) atoms. The molecule has 0 aromatic heterocycles. The van der Waals surface area contributed by atoms with Crippen molar-refractivity contribution < 1.29 is 19.1 Å². The van der Waals surface area contributed by atoms with E-state index in [0.717, 1.165) is 5.56 Å². The van der Waals surface area contributed by atoms with Crippen LogP contribution in [0.15, 0.2) is 30.3 Å². The Morgan fingerprint density at radius 3 is 2.29 bits per heavy atom. The maximum atomic E-state index is 11.9. The molecule has 2 N–H and O–H groups in total. The molecule has 0 radical (unpaired) electrons. The van der Waals surface area contributed by atoms with Gasteiger partial charge in [-0.15, -0.1) is 0 Å². The summed E-state index contributed by atoms with van der Waals surface area (Å²) in [5.41, 5.74) is 0.747. The van der Waals surface area contributed by atoms with Crippen molar-refractivity contribution in [1.29, 1.82) is 0 Å². The molecular formula is C14H12N2O4S. The number of thiocarbonyl (C=S) groups is 1. The van der Waals surface area contributed by atoms with Crippen LogP contribution in [-0.4, -0.2) is 29.8 Å². The molecule has 2 rings (SSSR count). The number of nitrogens with one attached hydrogen (secondary N) is 2. The first-order valence-corrected chi connectivity index (χ1v) is 6.44. The van der Waals surface area contributed by atoms with Crippen molar-refractivity contribution in [2.45, 2.75) is 0 Å². The van der Waals surface area contributed by atoms with Crippen LogP contribution in [0.25, 0.3) is 6.08 Å². The third-order valence-corrected chi connectivity index (χ3v) is 3.04. The highest BCUT2D eigenvalue weighted by molar-refractivity contribution is 7.80. The number of carbonyl (C=O) groups excluding carboxylic acids is 3. The SMILES string of the molecule is COc1ccc(/C=C/C(=O)C2C(=O)NC(=S)NC2=O)cc1. The number of amides is 2. The van der Waals surface area contributed by atoms with Gasteiger partial charge in [-0.1, -0.05) is 18.2 Å². The number of carbonyl (C=O) groups is 3. The Bertz CT molecular complexity index is 617. The molecule has 1 aliphatic rings. The van der Waals surface area contributed by atoms with Gasteiger partial charge in [-0.25, -0.2) is 0 Å². The summed E-state index contributed by atoms with van der Waals surface area (Å²) in [6.07, 6.45) is 2.72. The Morgan fingerprint density at radius 2 is 1.76 bits per heavy atom. The summed E-state index contributed by atoms with van der Waals surface area (Å²) in [7, 11) is 1.55. The Labute approximate surface area is 126 Å². The lowest BCUT2D eigenvalue weighted by Gasteiger charge is -2.20. The highest BCUT2D eigenvalue weighted by Gasteiger charge is 2.37. The van der Waals surface area contributed by atoms with Gasteiger partial charge in [0.2, 0.25) is 11.8 Å². The fourth-order valence-corrected chi connectivity index (χ4v) is 1.97. The van der Waals surface area contributed by atoms with Crippen LogP contribution < -0.4 is 15.4 Å². The molecule has 6 nitrogen and oxygen atoms in total. The first kappa shape index (κ1) is 14.9. The van der Waals surface area contributed by atoms with Crippen LogP contribution in [0.4, 0.5) is 0 Å². The van der Waals surface area contributed by atoms with Crippen LogP contribution in [0.1, 0.15) is 5.56 Å². The number of hydrogen-bond donors (Lipinski definition) is 2. The van der Waals surface area contributed by atoms with Crippen molar-refractivity contribution in [2.75, 3.05) is 7.11 Å². The molecule has 1 fully saturated rings. The van der Waals surface area contributed by atoms with Crippen LogP contribution in [0.5, 0.6) is 5.75 Å². The molecule has 0 atom stereocenters. The summed E-state index contributed by atoms with van der Waals surface area (Å²) in [5, 5.41) is 4.40. The monoisotopic (exact) mass is 304 g/mol. The van der Waals surface area contributed by atoms with Crippen molar-refractivity contribution in [3.05, 3.63) is 35.9 Å². The number of ether oxygens (including phenoxy) is 1. The largest absolute Gasteiger partial charge is 0.497 e. The van der Waals surface area contributed by atoms with E-state index in [2.05, 4.69) is 22.9 Å². The molecule has 0 unspecified atom stereocenters. The minimum atomic E-state index is -1.41. The standard InChI is InChI=1S/C14H12N2O4S/c1-20-9-5-2-8(3-6-9)4-7-10(17)11-12(18)15-14(21)16-13(11)19/h2-7,11H,1H3,(H2,15,16,18,19,21)/b7-4+. The second-order valence-corrected chi connectivity index (χ2v) is 4.66. The van der Waals surface area contributed by atoms with Gasteiger partial charge in [-0.05, 0) is 36.0 Å². The van der Waals surface area contributed by atoms with Gasteiger partial charge < -0.3 is 15.4 Å². The predicted octanol–water partition coefficient (Wildman–Crippen LogP) is 0.425. The molecule has 1 aliphatic heterocycles. The molecule has 1 heterocycles. The van der Waals surface area contributed by atoms with Crippen LogP contribution >= 0.6 is 12.2 Å². The van der Waals surface area contributed by atoms with Gasteiger partial charge >= 0.3 is 0 Å². The lowest BCUT2D eigenvalue weighted by molar-refractivity contribution is -0.140. The Kier molecular flexibility index (Phi) is 4.44. The van der Waals surface area contributed by atoms with E-state index in [4.69, 9.17) is 4.74 Å². The minimum absolute atomic E-state index is 0.0896. The Morgan fingerprint density at radius 1 is 1.19 bits per heavy atom. The van der Waals surface area contributed by atoms with Crippen molar-refractivity contribution >= 4 is 41.0 Å². The summed E-state index contributed by atoms with van der Waals surface area (Å²) in [5.74, 6) is -2.76. The second kappa shape index (κ2) is 6.27. The summed E-state index contributed by atoms with van der Waals surface area (Å²) < 4.78 is 5.02. The van der Waals surface area contributed by atoms with Crippen LogP contribution in [-0.2, 0) is 14.4 Å². The van der Waals surface area contributed by atoms with E-state index in [9.17, 15) is 14.4 Å². The van der Waals surface area contributed by atoms with E-state index in [1.54, 1.807) is 31.4 Å². The van der Waals surface area contributed by atoms with Gasteiger partial charge in [0, 0.05) is 0 Å². The second-order valence-electron chi connectivity index (χ2n) is 4.25. The van der Waals surface area contributed by atoms with Crippen molar-refractivity contribution in [3.63, 3.8) is 0 Å². The van der Waals surface area contributed by atoms with E-state index in [0.29, 0.717) is 5.75 Å². The molecule has 0 aliphatic carbocycles. The fraction of sp³-hybridized carbons (Fsp3) is 0.143. The zero-order chi connectivity index (χ0) is 15.4. The van der Waals surface area contributed by atoms with Crippen molar-refractivity contribution in [1.82, 2.24) is 10.6 Å². The molecule has 7 heteroatoms. The topological polar surface area (TPSA) is 84.5 Å². The predicted molar refractivity (Wildman–Crippen MR) is 79.4 cm³/mol. The molecule has 1 aromatic rings. The maximum absolute atomic E-state index is 11.9. The number of rotatable bonds is 4. The third kappa shape index (κ3) is 3.51. The minimum Gasteiger partial charge on any atom is -0.497 e. The summed E-state index contributed by atoms with van der Waals surface area (Å²) >= 11 is 4.66. The van der Waals surface area contributed by atoms with Gasteiger partial charge in [-0.3, -0.25) is 14.4 Å². The number of methoxy groups -OCH3 is 1. The molecule has 108 valence electrons. The number of benzene rings is 1. The van der Waals surface area contributed by atoms with Crippen LogP contribution in [0, 0.1) is 5.92 Å². The average Bonchev–Trinajstić information content (AvgIpc) is 2.44. The molecule has 1 aromatic carbocycles. The van der Waals surface area contributed by atoms with Gasteiger partial charge in [0.25, 0.3) is 0 Å². The zero-order valence-corrected chi connectivity index (χ0v) is 11.9. The third-order valence-electron chi connectivity index (χ3n) is 2.84. The number of hydrogen-bond acceptors (Lipinski definition) is 5. The quantitative estimate of drug-likeness (QED) is 0.478. The van der Waals surface area contributed by atoms with E-state index in [1.807, 2.05) is 0 Å². The zero-order valence-electron chi connectivity index (χ0n) is 11.1. The molecule has 2 amide bonds. The van der Waals surface area contributed by atoms with Gasteiger partial charge in [0.1, 0.15) is 5.75 Å². The lowest BCUT2D eigenvalue weighted by atomic mass is 9.99. The molecular weight excluding hydrogens is 292 g/mol. The van der Waals surface area contributed by atoms with E-state index in [-0.39, 0.29) is 5.11 Å². The van der Waals surface area contributed by atoms with Crippen molar-refractivity contribution in [3.8, 4) is 5.75 Å². The van der Waals surface area contributed by atoms with E-state index < -0.39 is 23.5 Å². The Hall–Kier alpha value is -2.54. The first-order chi connectivity index (χ1) is 10.0. The molecule has 1 saturated heterocycles. The number of ketones is 1. The normalized spacial score (nSPS) is 15.8. The fourth-order valence-electron chi connectivity index (χ4n) is 1.77. The average molecular weight is 304 g/mol. The van der Waals surface area contributed by atoms with Crippen LogP contribution in [0.2, 0.25) is 0 Å². The molecule has 0 bridgehead atoms. The smallest absolute Gasteiger partial charge is 0.246 e. The van der Waals surface area contributed by atoms with Crippen LogP contribution in [0.3, 0.4) is 0 Å². The number of allylic oxidation sites excluding steroid dienone is 1. The Balaban J connectivity index is 2.09. The summed E-state index contributed by atoms with van der Waals surface area (Å²) in [6, 6.07) is 6.97. The van der Waals surface area contributed by atoms with Crippen molar-refractivity contribution in [2.24, 2.45) is 5.92 Å². The lowest BCUT2D eigenvalue weighted by Crippen LogP contribution is -2.57.